The summed E-state index contributed by atoms with van der Waals surface area (Å²) in [6.07, 6.45) is 0. The van der Waals surface area contributed by atoms with Gasteiger partial charge in [-0.2, -0.15) is 0 Å². The summed E-state index contributed by atoms with van der Waals surface area (Å²) in [4.78, 5) is 15.6. The van der Waals surface area contributed by atoms with Gasteiger partial charge in [0, 0.05) is 22.1 Å². The summed E-state index contributed by atoms with van der Waals surface area (Å²) < 4.78 is 0. The van der Waals surface area contributed by atoms with Crippen molar-refractivity contribution in [2.75, 3.05) is 0 Å². The Balaban J connectivity index is 1.28. The first-order valence-corrected chi connectivity index (χ1v) is 15.6. The monoisotopic (exact) mass is 583 g/mol. The van der Waals surface area contributed by atoms with Crippen molar-refractivity contribution in [3.63, 3.8) is 0 Å². The van der Waals surface area contributed by atoms with Crippen molar-refractivity contribution in [2.45, 2.75) is 0 Å². The number of fused-ring (bicyclic) bond motifs is 7. The first-order chi connectivity index (χ1) is 22.8. The molecule has 0 radical (unpaired) electrons. The van der Waals surface area contributed by atoms with Gasteiger partial charge in [-0.15, -0.1) is 0 Å². The summed E-state index contributed by atoms with van der Waals surface area (Å²) in [6, 6.07) is 53.9. The molecule has 1 aliphatic carbocycles. The first-order valence-electron chi connectivity index (χ1n) is 15.6. The zero-order chi connectivity index (χ0) is 30.2. The van der Waals surface area contributed by atoms with Gasteiger partial charge >= 0.3 is 0 Å². The van der Waals surface area contributed by atoms with Crippen molar-refractivity contribution in [1.29, 1.82) is 0 Å². The summed E-state index contributed by atoms with van der Waals surface area (Å²) >= 11 is 0. The van der Waals surface area contributed by atoms with E-state index in [1.54, 1.807) is 0 Å². The van der Waals surface area contributed by atoms with E-state index < -0.39 is 0 Å². The van der Waals surface area contributed by atoms with Gasteiger partial charge in [-0.1, -0.05) is 127 Å². The first kappa shape index (κ1) is 25.2. The van der Waals surface area contributed by atoms with Gasteiger partial charge in [-0.05, 0) is 84.2 Å². The molecule has 8 aromatic carbocycles. The summed E-state index contributed by atoms with van der Waals surface area (Å²) in [5.41, 5.74) is 8.01. The Kier molecular flexibility index (Phi) is 5.28. The highest BCUT2D eigenvalue weighted by molar-refractivity contribution is 6.26. The molecule has 0 aliphatic heterocycles. The van der Waals surface area contributed by atoms with Crippen LogP contribution < -0.4 is 0 Å². The third kappa shape index (κ3) is 3.75. The molecule has 10 rings (SSSR count). The zero-order valence-corrected chi connectivity index (χ0v) is 24.8. The minimum Gasteiger partial charge on any atom is -0.208 e. The Labute approximate surface area is 265 Å². The molecule has 3 nitrogen and oxygen atoms in total. The molecule has 3 heteroatoms. The van der Waals surface area contributed by atoms with Crippen LogP contribution in [-0.4, -0.2) is 15.0 Å². The molecule has 0 unspecified atom stereocenters. The summed E-state index contributed by atoms with van der Waals surface area (Å²) in [5.74, 6) is 2.00. The fourth-order valence-corrected chi connectivity index (χ4v) is 7.23. The Morgan fingerprint density at radius 3 is 1.43 bits per heavy atom. The van der Waals surface area contributed by atoms with Crippen LogP contribution in [0, 0.1) is 0 Å². The van der Waals surface area contributed by atoms with Crippen LogP contribution in [0.15, 0.2) is 152 Å². The van der Waals surface area contributed by atoms with E-state index in [1.807, 2.05) is 0 Å². The SMILES string of the molecule is c1ccc2c(c1)-c1ccc(-c3nc(-c4ccc5ccccc5c4)nc(-c4ccc5ccccc5c4)n3)c3c1c-2cc1ccccc13. The molecule has 0 amide bonds. The third-order valence-corrected chi connectivity index (χ3v) is 9.40. The standard InChI is InChI=1S/C43H25N3/c1-3-11-28-23-31(19-17-26(28)9-1)41-44-42(32-20-18-27-10-2-4-12-29(27)24-32)46-43(45-41)37-22-21-36-34-15-7-8-16-35(34)38-25-30-13-5-6-14-33(30)39(37)40(36)38/h1-25H. The van der Waals surface area contributed by atoms with E-state index in [4.69, 9.17) is 15.0 Å². The molecule has 1 heterocycles. The van der Waals surface area contributed by atoms with Gasteiger partial charge in [-0.25, -0.2) is 15.0 Å². The molecule has 0 fully saturated rings. The lowest BCUT2D eigenvalue weighted by atomic mass is 9.92. The molecular weight excluding hydrogens is 558 g/mol. The minimum absolute atomic E-state index is 0.662. The van der Waals surface area contributed by atoms with Gasteiger partial charge in [0.2, 0.25) is 0 Å². The maximum Gasteiger partial charge on any atom is 0.164 e. The second-order valence-electron chi connectivity index (χ2n) is 12.0. The smallest absolute Gasteiger partial charge is 0.164 e. The number of rotatable bonds is 3. The van der Waals surface area contributed by atoms with Crippen molar-refractivity contribution >= 4 is 43.1 Å². The van der Waals surface area contributed by atoms with Crippen LogP contribution in [0.5, 0.6) is 0 Å². The Hall–Kier alpha value is -6.19. The lowest BCUT2D eigenvalue weighted by Gasteiger charge is -2.14. The van der Waals surface area contributed by atoms with E-state index in [2.05, 4.69) is 152 Å². The molecule has 9 aromatic rings. The van der Waals surface area contributed by atoms with Crippen molar-refractivity contribution in [2.24, 2.45) is 0 Å². The van der Waals surface area contributed by atoms with E-state index in [1.165, 1.54) is 54.6 Å². The van der Waals surface area contributed by atoms with Gasteiger partial charge in [0.1, 0.15) is 0 Å². The Morgan fingerprint density at radius 1 is 0.283 bits per heavy atom. The highest BCUT2D eigenvalue weighted by atomic mass is 15.0. The molecule has 1 aliphatic rings. The molecule has 0 spiro atoms. The molecule has 0 atom stereocenters. The lowest BCUT2D eigenvalue weighted by Crippen LogP contribution is -2.01. The van der Waals surface area contributed by atoms with Crippen LogP contribution in [0.1, 0.15) is 0 Å². The van der Waals surface area contributed by atoms with Gasteiger partial charge in [-0.3, -0.25) is 0 Å². The van der Waals surface area contributed by atoms with Crippen LogP contribution in [0.3, 0.4) is 0 Å². The largest absolute Gasteiger partial charge is 0.208 e. The highest BCUT2D eigenvalue weighted by Crippen LogP contribution is 2.51. The number of hydrogen-bond acceptors (Lipinski definition) is 3. The van der Waals surface area contributed by atoms with Crippen LogP contribution in [0.25, 0.3) is 99.5 Å². The van der Waals surface area contributed by atoms with E-state index in [0.717, 1.165) is 27.5 Å². The normalized spacial score (nSPS) is 11.9. The molecule has 0 N–H and O–H groups in total. The van der Waals surface area contributed by atoms with Crippen molar-refractivity contribution < 1.29 is 0 Å². The topological polar surface area (TPSA) is 38.7 Å². The molecule has 1 aromatic heterocycles. The van der Waals surface area contributed by atoms with E-state index in [-0.39, 0.29) is 0 Å². The van der Waals surface area contributed by atoms with Crippen molar-refractivity contribution in [1.82, 2.24) is 15.0 Å². The van der Waals surface area contributed by atoms with Crippen molar-refractivity contribution in [3.8, 4) is 56.4 Å². The van der Waals surface area contributed by atoms with Gasteiger partial charge < -0.3 is 0 Å². The van der Waals surface area contributed by atoms with E-state index in [9.17, 15) is 0 Å². The number of nitrogens with zero attached hydrogens (tertiary/aromatic N) is 3. The fourth-order valence-electron chi connectivity index (χ4n) is 7.23. The number of benzene rings is 8. The maximum absolute atomic E-state index is 5.23. The fraction of sp³-hybridized carbons (Fsp3) is 0. The zero-order valence-electron chi connectivity index (χ0n) is 24.8. The molecule has 212 valence electrons. The second kappa shape index (κ2) is 9.65. The highest BCUT2D eigenvalue weighted by Gasteiger charge is 2.25. The average Bonchev–Trinajstić information content (AvgIpc) is 3.45. The Morgan fingerprint density at radius 2 is 0.783 bits per heavy atom. The molecule has 0 bridgehead atoms. The minimum atomic E-state index is 0.662. The second-order valence-corrected chi connectivity index (χ2v) is 12.0. The predicted molar refractivity (Wildman–Crippen MR) is 191 cm³/mol. The molecule has 0 saturated heterocycles. The number of hydrogen-bond donors (Lipinski definition) is 0. The third-order valence-electron chi connectivity index (χ3n) is 9.40. The lowest BCUT2D eigenvalue weighted by molar-refractivity contribution is 1.08. The number of aromatic nitrogens is 3. The van der Waals surface area contributed by atoms with Gasteiger partial charge in [0.25, 0.3) is 0 Å². The Bertz CT molecular complexity index is 2610. The maximum atomic E-state index is 5.23. The van der Waals surface area contributed by atoms with Crippen LogP contribution in [0.4, 0.5) is 0 Å². The van der Waals surface area contributed by atoms with Gasteiger partial charge in [0.05, 0.1) is 0 Å². The predicted octanol–water partition coefficient (Wildman–Crippen LogP) is 11.1. The van der Waals surface area contributed by atoms with Crippen molar-refractivity contribution in [3.05, 3.63) is 152 Å². The summed E-state index contributed by atoms with van der Waals surface area (Å²) in [5, 5.41) is 9.54. The van der Waals surface area contributed by atoms with E-state index in [0.29, 0.717) is 17.5 Å². The molecular formula is C43H25N3. The average molecular weight is 584 g/mol. The van der Waals surface area contributed by atoms with Gasteiger partial charge in [0.15, 0.2) is 17.5 Å². The van der Waals surface area contributed by atoms with Crippen LogP contribution >= 0.6 is 0 Å². The van der Waals surface area contributed by atoms with E-state index >= 15 is 0 Å². The quantitative estimate of drug-likeness (QED) is 0.194. The molecule has 46 heavy (non-hydrogen) atoms. The summed E-state index contributed by atoms with van der Waals surface area (Å²) in [6.45, 7) is 0. The molecule has 0 saturated carbocycles. The van der Waals surface area contributed by atoms with Crippen LogP contribution in [0.2, 0.25) is 0 Å². The summed E-state index contributed by atoms with van der Waals surface area (Å²) in [7, 11) is 0. The van der Waals surface area contributed by atoms with Crippen LogP contribution in [-0.2, 0) is 0 Å².